The summed E-state index contributed by atoms with van der Waals surface area (Å²) >= 11 is 0. The molecular weight excluding hydrogens is 184 g/mol. The summed E-state index contributed by atoms with van der Waals surface area (Å²) < 4.78 is 0. The number of nitrogens with one attached hydrogen (secondary N) is 1. The average Bonchev–Trinajstić information content (AvgIpc) is 2.43. The van der Waals surface area contributed by atoms with Crippen LogP contribution in [0, 0.1) is 0 Å². The Labute approximate surface area is 95.4 Å². The second-order valence-electron chi connectivity index (χ2n) is 5.13. The Balaban J connectivity index is 2.60. The first kappa shape index (κ1) is 13.0. The highest BCUT2D eigenvalue weighted by molar-refractivity contribution is 4.86. The molecule has 0 spiro atoms. The third-order valence-electron chi connectivity index (χ3n) is 3.78. The molecule has 0 aromatic heterocycles. The van der Waals surface area contributed by atoms with Gasteiger partial charge in [-0.05, 0) is 40.3 Å². The van der Waals surface area contributed by atoms with E-state index in [0.717, 1.165) is 12.6 Å². The lowest BCUT2D eigenvalue weighted by molar-refractivity contribution is 0.148. The van der Waals surface area contributed by atoms with Crippen LogP contribution in [0.5, 0.6) is 0 Å². The second-order valence-corrected chi connectivity index (χ2v) is 5.13. The van der Waals surface area contributed by atoms with Gasteiger partial charge in [0.2, 0.25) is 0 Å². The van der Waals surface area contributed by atoms with Crippen LogP contribution in [0.25, 0.3) is 0 Å². The molecule has 0 aromatic carbocycles. The predicted molar refractivity (Wildman–Crippen MR) is 67.2 cm³/mol. The third-order valence-corrected chi connectivity index (χ3v) is 3.78. The van der Waals surface area contributed by atoms with Gasteiger partial charge in [-0.15, -0.1) is 0 Å². The first-order valence-corrected chi connectivity index (χ1v) is 6.62. The molecule has 1 saturated carbocycles. The predicted octanol–water partition coefficient (Wildman–Crippen LogP) is 2.64. The van der Waals surface area contributed by atoms with Gasteiger partial charge >= 0.3 is 0 Å². The Bertz CT molecular complexity index is 168. The van der Waals surface area contributed by atoms with Gasteiger partial charge in [-0.25, -0.2) is 0 Å². The smallest absolute Gasteiger partial charge is 0.0248 e. The highest BCUT2D eigenvalue weighted by Gasteiger charge is 2.27. The van der Waals surface area contributed by atoms with Crippen LogP contribution in [0.1, 0.15) is 52.9 Å². The van der Waals surface area contributed by atoms with Crippen molar-refractivity contribution in [2.75, 3.05) is 13.6 Å². The maximum atomic E-state index is 3.67. The lowest BCUT2D eigenvalue weighted by atomic mass is 10.0. The molecule has 1 rings (SSSR count). The minimum absolute atomic E-state index is 0.661. The Morgan fingerprint density at radius 3 is 2.47 bits per heavy atom. The van der Waals surface area contributed by atoms with Crippen LogP contribution < -0.4 is 5.32 Å². The van der Waals surface area contributed by atoms with E-state index in [0.29, 0.717) is 12.1 Å². The summed E-state index contributed by atoms with van der Waals surface area (Å²) in [7, 11) is 2.28. The van der Waals surface area contributed by atoms with Gasteiger partial charge in [-0.3, -0.25) is 4.90 Å². The van der Waals surface area contributed by atoms with Gasteiger partial charge in [-0.2, -0.15) is 0 Å². The van der Waals surface area contributed by atoms with E-state index in [1.807, 2.05) is 0 Å². The van der Waals surface area contributed by atoms with E-state index in [1.165, 1.54) is 32.1 Å². The van der Waals surface area contributed by atoms with E-state index in [4.69, 9.17) is 0 Å². The summed E-state index contributed by atoms with van der Waals surface area (Å²) in [6, 6.07) is 2.12. The summed E-state index contributed by atoms with van der Waals surface area (Å²) in [6.45, 7) is 7.92. The molecule has 0 aliphatic heterocycles. The molecule has 2 unspecified atom stereocenters. The number of nitrogens with zero attached hydrogens (tertiary/aromatic N) is 1. The fraction of sp³-hybridized carbons (Fsp3) is 1.00. The van der Waals surface area contributed by atoms with Crippen LogP contribution >= 0.6 is 0 Å². The van der Waals surface area contributed by atoms with Gasteiger partial charge in [0, 0.05) is 18.1 Å². The maximum Gasteiger partial charge on any atom is 0.0248 e. The summed E-state index contributed by atoms with van der Waals surface area (Å²) in [6.07, 6.45) is 6.95. The Kier molecular flexibility index (Phi) is 5.62. The molecule has 0 amide bonds. The van der Waals surface area contributed by atoms with Crippen LogP contribution in [-0.2, 0) is 0 Å². The highest BCUT2D eigenvalue weighted by atomic mass is 15.2. The molecule has 0 heterocycles. The standard InChI is InChI=1S/C13H28N2/c1-5-14-12-9-7-6-8-10-13(12)15(4)11(2)3/h11-14H,5-10H2,1-4H3. The van der Waals surface area contributed by atoms with Gasteiger partial charge in [0.05, 0.1) is 0 Å². The molecule has 90 valence electrons. The molecule has 0 radical (unpaired) electrons. The molecule has 2 atom stereocenters. The highest BCUT2D eigenvalue weighted by Crippen LogP contribution is 2.22. The summed E-state index contributed by atoms with van der Waals surface area (Å²) in [5.41, 5.74) is 0. The molecule has 2 nitrogen and oxygen atoms in total. The second kappa shape index (κ2) is 6.49. The van der Waals surface area contributed by atoms with E-state index >= 15 is 0 Å². The zero-order valence-corrected chi connectivity index (χ0v) is 10.9. The van der Waals surface area contributed by atoms with Gasteiger partial charge < -0.3 is 5.32 Å². The van der Waals surface area contributed by atoms with E-state index in [9.17, 15) is 0 Å². The van der Waals surface area contributed by atoms with Crippen molar-refractivity contribution >= 4 is 0 Å². The van der Waals surface area contributed by atoms with Crippen molar-refractivity contribution in [3.05, 3.63) is 0 Å². The van der Waals surface area contributed by atoms with E-state index in [-0.39, 0.29) is 0 Å². The van der Waals surface area contributed by atoms with Crippen molar-refractivity contribution in [2.45, 2.75) is 71.0 Å². The SMILES string of the molecule is CCNC1CCCCCC1N(C)C(C)C. The molecule has 0 bridgehead atoms. The molecule has 1 aliphatic carbocycles. The summed E-state index contributed by atoms with van der Waals surface area (Å²) in [5, 5.41) is 3.67. The minimum Gasteiger partial charge on any atom is -0.313 e. The summed E-state index contributed by atoms with van der Waals surface area (Å²) in [5.74, 6) is 0. The van der Waals surface area contributed by atoms with Crippen molar-refractivity contribution in [1.82, 2.24) is 10.2 Å². The largest absolute Gasteiger partial charge is 0.313 e. The van der Waals surface area contributed by atoms with Gasteiger partial charge in [0.25, 0.3) is 0 Å². The monoisotopic (exact) mass is 212 g/mol. The molecule has 1 N–H and O–H groups in total. The molecule has 2 heteroatoms. The molecule has 1 fully saturated rings. The fourth-order valence-corrected chi connectivity index (χ4v) is 2.66. The van der Waals surface area contributed by atoms with Crippen LogP contribution in [0.3, 0.4) is 0 Å². The van der Waals surface area contributed by atoms with Crippen molar-refractivity contribution < 1.29 is 0 Å². The van der Waals surface area contributed by atoms with Crippen molar-refractivity contribution in [3.63, 3.8) is 0 Å². The van der Waals surface area contributed by atoms with Gasteiger partial charge in [-0.1, -0.05) is 26.2 Å². The van der Waals surface area contributed by atoms with Crippen molar-refractivity contribution in [3.8, 4) is 0 Å². The number of likely N-dealkylation sites (N-methyl/N-ethyl adjacent to an activating group) is 2. The topological polar surface area (TPSA) is 15.3 Å². The lowest BCUT2D eigenvalue weighted by Crippen LogP contribution is -2.50. The zero-order chi connectivity index (χ0) is 11.3. The lowest BCUT2D eigenvalue weighted by Gasteiger charge is -2.36. The number of hydrogen-bond donors (Lipinski definition) is 1. The molecular formula is C13H28N2. The quantitative estimate of drug-likeness (QED) is 0.721. The van der Waals surface area contributed by atoms with Gasteiger partial charge in [0.1, 0.15) is 0 Å². The first-order chi connectivity index (χ1) is 7.16. The third kappa shape index (κ3) is 3.76. The number of hydrogen-bond acceptors (Lipinski definition) is 2. The normalized spacial score (nSPS) is 28.4. The summed E-state index contributed by atoms with van der Waals surface area (Å²) in [4.78, 5) is 2.55. The van der Waals surface area contributed by atoms with Gasteiger partial charge in [0.15, 0.2) is 0 Å². The minimum atomic E-state index is 0.661. The van der Waals surface area contributed by atoms with E-state index < -0.39 is 0 Å². The Morgan fingerprint density at radius 2 is 1.87 bits per heavy atom. The van der Waals surface area contributed by atoms with Crippen LogP contribution in [0.4, 0.5) is 0 Å². The molecule has 15 heavy (non-hydrogen) atoms. The first-order valence-electron chi connectivity index (χ1n) is 6.62. The zero-order valence-electron chi connectivity index (χ0n) is 10.9. The van der Waals surface area contributed by atoms with Crippen LogP contribution in [-0.4, -0.2) is 36.6 Å². The molecule has 0 aromatic rings. The van der Waals surface area contributed by atoms with Crippen LogP contribution in [0.2, 0.25) is 0 Å². The van der Waals surface area contributed by atoms with Crippen molar-refractivity contribution in [2.24, 2.45) is 0 Å². The maximum absolute atomic E-state index is 3.67. The molecule has 0 saturated heterocycles. The van der Waals surface area contributed by atoms with Crippen molar-refractivity contribution in [1.29, 1.82) is 0 Å². The molecule has 1 aliphatic rings. The Morgan fingerprint density at radius 1 is 1.20 bits per heavy atom. The van der Waals surface area contributed by atoms with E-state index in [2.05, 4.69) is 38.0 Å². The Hall–Kier alpha value is -0.0800. The van der Waals surface area contributed by atoms with E-state index in [1.54, 1.807) is 0 Å². The number of rotatable bonds is 4. The fourth-order valence-electron chi connectivity index (χ4n) is 2.66. The van der Waals surface area contributed by atoms with Crippen LogP contribution in [0.15, 0.2) is 0 Å². The average molecular weight is 212 g/mol.